The van der Waals surface area contributed by atoms with E-state index in [9.17, 15) is 8.42 Å². The molecule has 1 unspecified atom stereocenters. The van der Waals surface area contributed by atoms with E-state index in [1.54, 1.807) is 24.1 Å². The van der Waals surface area contributed by atoms with Crippen LogP contribution in [0.3, 0.4) is 0 Å². The van der Waals surface area contributed by atoms with Crippen LogP contribution in [0, 0.1) is 6.92 Å². The maximum atomic E-state index is 12.2. The van der Waals surface area contributed by atoms with Gasteiger partial charge >= 0.3 is 0 Å². The molecule has 0 aromatic carbocycles. The zero-order valence-electron chi connectivity index (χ0n) is 17.9. The Morgan fingerprint density at radius 1 is 1.29 bits per heavy atom. The lowest BCUT2D eigenvalue weighted by Gasteiger charge is -2.23. The lowest BCUT2D eigenvalue weighted by Crippen LogP contribution is -2.20. The number of ether oxygens (including phenoxy) is 2. The highest BCUT2D eigenvalue weighted by Gasteiger charge is 2.24. The second-order valence-electron chi connectivity index (χ2n) is 7.47. The fourth-order valence-corrected chi connectivity index (χ4v) is 4.01. The van der Waals surface area contributed by atoms with E-state index in [2.05, 4.69) is 25.5 Å². The maximum absolute atomic E-state index is 12.2. The van der Waals surface area contributed by atoms with Crippen LogP contribution < -0.4 is 10.1 Å². The molecule has 0 radical (unpaired) electrons. The summed E-state index contributed by atoms with van der Waals surface area (Å²) in [5.41, 5.74) is 1.84. The number of nitrogens with zero attached hydrogens (tertiary/aromatic N) is 6. The molecule has 1 aliphatic heterocycles. The van der Waals surface area contributed by atoms with Crippen molar-refractivity contribution in [2.75, 3.05) is 25.3 Å². The first kappa shape index (κ1) is 21.2. The van der Waals surface area contributed by atoms with Crippen molar-refractivity contribution < 1.29 is 17.9 Å². The molecule has 1 atom stereocenters. The van der Waals surface area contributed by atoms with Gasteiger partial charge in [0.1, 0.15) is 5.69 Å². The van der Waals surface area contributed by atoms with Gasteiger partial charge in [-0.3, -0.25) is 4.68 Å². The van der Waals surface area contributed by atoms with Gasteiger partial charge in [0.25, 0.3) is 0 Å². The van der Waals surface area contributed by atoms with Crippen molar-refractivity contribution in [1.29, 1.82) is 0 Å². The van der Waals surface area contributed by atoms with E-state index < -0.39 is 9.84 Å². The summed E-state index contributed by atoms with van der Waals surface area (Å²) in [6.45, 7) is 2.65. The Bertz CT molecular complexity index is 1200. The number of aryl methyl sites for hydroxylation is 2. The number of nitrogens with one attached hydrogen (secondary N) is 1. The second-order valence-corrected chi connectivity index (χ2v) is 9.38. The summed E-state index contributed by atoms with van der Waals surface area (Å²) < 4.78 is 39.3. The Morgan fingerprint density at radius 3 is 2.71 bits per heavy atom. The van der Waals surface area contributed by atoms with Crippen molar-refractivity contribution in [2.45, 2.75) is 37.6 Å². The zero-order chi connectivity index (χ0) is 22.2. The molecule has 3 aromatic heterocycles. The van der Waals surface area contributed by atoms with Gasteiger partial charge in [-0.1, -0.05) is 0 Å². The SMILES string of the molecule is COc1c(Nc2cc(C)n(C3CCCCO3)n2)nc(S(C)(=O)=O)nc1-c1cnn(C)c1. The number of methoxy groups -OCH3 is 1. The summed E-state index contributed by atoms with van der Waals surface area (Å²) >= 11 is 0. The molecule has 1 N–H and O–H groups in total. The predicted molar refractivity (Wildman–Crippen MR) is 113 cm³/mol. The molecule has 0 bridgehead atoms. The number of aromatic nitrogens is 6. The van der Waals surface area contributed by atoms with E-state index in [0.29, 0.717) is 29.4 Å². The van der Waals surface area contributed by atoms with Crippen LogP contribution in [0.2, 0.25) is 0 Å². The summed E-state index contributed by atoms with van der Waals surface area (Å²) in [6.07, 6.45) is 7.27. The summed E-state index contributed by atoms with van der Waals surface area (Å²) in [6, 6.07) is 1.85. The van der Waals surface area contributed by atoms with Crippen molar-refractivity contribution in [2.24, 2.45) is 7.05 Å². The lowest BCUT2D eigenvalue weighted by molar-refractivity contribution is -0.0404. The minimum absolute atomic E-state index is 0.117. The number of hydrogen-bond donors (Lipinski definition) is 1. The summed E-state index contributed by atoms with van der Waals surface area (Å²) in [5.74, 6) is 0.993. The molecule has 12 heteroatoms. The van der Waals surface area contributed by atoms with E-state index in [0.717, 1.165) is 31.2 Å². The quantitative estimate of drug-likeness (QED) is 0.566. The van der Waals surface area contributed by atoms with Gasteiger partial charge in [0.05, 0.1) is 13.3 Å². The van der Waals surface area contributed by atoms with Crippen LogP contribution in [0.1, 0.15) is 31.2 Å². The lowest BCUT2D eigenvalue weighted by atomic mass is 10.2. The summed E-state index contributed by atoms with van der Waals surface area (Å²) in [4.78, 5) is 8.45. The number of rotatable bonds is 6. The first-order valence-corrected chi connectivity index (χ1v) is 11.8. The molecule has 1 saturated heterocycles. The predicted octanol–water partition coefficient (Wildman–Crippen LogP) is 2.24. The molecule has 11 nitrogen and oxygen atoms in total. The molecule has 1 aliphatic rings. The molecule has 166 valence electrons. The van der Waals surface area contributed by atoms with Crippen molar-refractivity contribution in [3.63, 3.8) is 0 Å². The van der Waals surface area contributed by atoms with Crippen LogP contribution in [-0.4, -0.2) is 57.9 Å². The Balaban J connectivity index is 1.77. The van der Waals surface area contributed by atoms with Gasteiger partial charge in [0, 0.05) is 43.4 Å². The van der Waals surface area contributed by atoms with Crippen LogP contribution in [-0.2, 0) is 21.6 Å². The Kier molecular flexibility index (Phi) is 5.67. The van der Waals surface area contributed by atoms with Crippen molar-refractivity contribution in [3.8, 4) is 17.0 Å². The number of hydrogen-bond acceptors (Lipinski definition) is 9. The fraction of sp³-hybridized carbons (Fsp3) is 0.474. The molecule has 0 spiro atoms. The molecule has 0 saturated carbocycles. The van der Waals surface area contributed by atoms with Crippen LogP contribution in [0.5, 0.6) is 5.75 Å². The Morgan fingerprint density at radius 2 is 2.10 bits per heavy atom. The smallest absolute Gasteiger partial charge is 0.249 e. The Labute approximate surface area is 180 Å². The molecule has 4 rings (SSSR count). The molecule has 31 heavy (non-hydrogen) atoms. The van der Waals surface area contributed by atoms with Gasteiger partial charge in [-0.05, 0) is 26.2 Å². The van der Waals surface area contributed by atoms with E-state index >= 15 is 0 Å². The maximum Gasteiger partial charge on any atom is 0.249 e. The average molecular weight is 448 g/mol. The molecular formula is C19H25N7O4S. The van der Waals surface area contributed by atoms with Gasteiger partial charge in [0.2, 0.25) is 15.0 Å². The normalized spacial score (nSPS) is 17.0. The third kappa shape index (κ3) is 4.39. The summed E-state index contributed by atoms with van der Waals surface area (Å²) in [5, 5.41) is 11.5. The van der Waals surface area contributed by atoms with Crippen LogP contribution in [0.25, 0.3) is 11.3 Å². The van der Waals surface area contributed by atoms with Crippen molar-refractivity contribution in [1.82, 2.24) is 29.5 Å². The average Bonchev–Trinajstić information content (AvgIpc) is 3.32. The van der Waals surface area contributed by atoms with Crippen LogP contribution >= 0.6 is 0 Å². The summed E-state index contributed by atoms with van der Waals surface area (Å²) in [7, 11) is -0.441. The second kappa shape index (κ2) is 8.27. The van der Waals surface area contributed by atoms with Gasteiger partial charge in [-0.2, -0.15) is 15.2 Å². The molecule has 4 heterocycles. The first-order valence-electron chi connectivity index (χ1n) is 9.86. The molecular weight excluding hydrogens is 422 g/mol. The molecule has 0 amide bonds. The standard InChI is InChI=1S/C19H25N7O4S/c1-12-9-14(24-26(12)15-7-5-6-8-30-15)21-18-17(29-3)16(13-10-20-25(2)11-13)22-19(23-18)31(4,27)28/h9-11,15H,5-8H2,1-4H3,(H,21,22,23,24). The van der Waals surface area contributed by atoms with E-state index in [-0.39, 0.29) is 17.2 Å². The topological polar surface area (TPSA) is 126 Å². The largest absolute Gasteiger partial charge is 0.491 e. The van der Waals surface area contributed by atoms with Crippen molar-refractivity contribution >= 4 is 21.5 Å². The monoisotopic (exact) mass is 447 g/mol. The molecule has 0 aliphatic carbocycles. The zero-order valence-corrected chi connectivity index (χ0v) is 18.7. The molecule has 1 fully saturated rings. The van der Waals surface area contributed by atoms with E-state index in [4.69, 9.17) is 9.47 Å². The third-order valence-corrected chi connectivity index (χ3v) is 5.80. The highest BCUT2D eigenvalue weighted by Crippen LogP contribution is 2.36. The highest BCUT2D eigenvalue weighted by molar-refractivity contribution is 7.90. The minimum atomic E-state index is -3.68. The first-order chi connectivity index (χ1) is 14.8. The van der Waals surface area contributed by atoms with Gasteiger partial charge < -0.3 is 14.8 Å². The Hall–Kier alpha value is -2.99. The fourth-order valence-electron chi connectivity index (χ4n) is 3.49. The third-order valence-electron chi connectivity index (χ3n) is 4.96. The van der Waals surface area contributed by atoms with Crippen LogP contribution in [0.4, 0.5) is 11.6 Å². The minimum Gasteiger partial charge on any atom is -0.491 e. The number of anilines is 2. The molecule has 3 aromatic rings. The van der Waals surface area contributed by atoms with Crippen LogP contribution in [0.15, 0.2) is 23.6 Å². The van der Waals surface area contributed by atoms with Crippen molar-refractivity contribution in [3.05, 3.63) is 24.2 Å². The van der Waals surface area contributed by atoms with E-state index in [1.165, 1.54) is 7.11 Å². The van der Waals surface area contributed by atoms with Gasteiger partial charge in [0.15, 0.2) is 23.6 Å². The van der Waals surface area contributed by atoms with Gasteiger partial charge in [-0.15, -0.1) is 0 Å². The van der Waals surface area contributed by atoms with Gasteiger partial charge in [-0.25, -0.2) is 18.1 Å². The highest BCUT2D eigenvalue weighted by atomic mass is 32.2. The van der Waals surface area contributed by atoms with E-state index in [1.807, 2.05) is 17.7 Å². The number of sulfone groups is 1.